The standard InChI is InChI=1S/C11H12FNO2/c1-15-11(14)13-8-2-3-9-4-6-10(12)7-5-9/h2-7H,8H2,1H3,(H,13,14). The molecule has 0 aromatic heterocycles. The highest BCUT2D eigenvalue weighted by atomic mass is 19.1. The van der Waals surface area contributed by atoms with E-state index >= 15 is 0 Å². The fourth-order valence-electron chi connectivity index (χ4n) is 0.983. The van der Waals surface area contributed by atoms with Gasteiger partial charge in [0.25, 0.3) is 0 Å². The summed E-state index contributed by atoms with van der Waals surface area (Å²) in [5, 5.41) is 2.49. The summed E-state index contributed by atoms with van der Waals surface area (Å²) in [5.74, 6) is -0.264. The maximum atomic E-state index is 12.5. The van der Waals surface area contributed by atoms with Gasteiger partial charge in [0.15, 0.2) is 0 Å². The molecule has 0 aliphatic carbocycles. The third-order valence-corrected chi connectivity index (χ3v) is 1.73. The molecule has 0 aliphatic heterocycles. The van der Waals surface area contributed by atoms with Crippen molar-refractivity contribution in [1.29, 1.82) is 0 Å². The first-order chi connectivity index (χ1) is 7.22. The van der Waals surface area contributed by atoms with Crippen molar-refractivity contribution < 1.29 is 13.9 Å². The Balaban J connectivity index is 2.38. The molecule has 1 aromatic rings. The van der Waals surface area contributed by atoms with Crippen LogP contribution in [0, 0.1) is 5.82 Å². The van der Waals surface area contributed by atoms with Crippen molar-refractivity contribution in [3.05, 3.63) is 41.7 Å². The van der Waals surface area contributed by atoms with E-state index in [-0.39, 0.29) is 5.82 Å². The molecule has 15 heavy (non-hydrogen) atoms. The lowest BCUT2D eigenvalue weighted by atomic mass is 10.2. The molecule has 1 amide bonds. The summed E-state index contributed by atoms with van der Waals surface area (Å²) in [4.78, 5) is 10.7. The highest BCUT2D eigenvalue weighted by molar-refractivity contribution is 5.67. The third kappa shape index (κ3) is 4.26. The lowest BCUT2D eigenvalue weighted by molar-refractivity contribution is 0.172. The Kier molecular flexibility index (Phi) is 4.34. The van der Waals surface area contributed by atoms with Crippen LogP contribution in [-0.4, -0.2) is 19.7 Å². The minimum atomic E-state index is -0.473. The molecule has 0 spiro atoms. The van der Waals surface area contributed by atoms with Crippen LogP contribution in [0.15, 0.2) is 30.3 Å². The van der Waals surface area contributed by atoms with Crippen LogP contribution in [0.1, 0.15) is 5.56 Å². The molecule has 0 fully saturated rings. The molecular formula is C11H12FNO2. The number of amides is 1. The molecule has 1 N–H and O–H groups in total. The van der Waals surface area contributed by atoms with Gasteiger partial charge in [-0.1, -0.05) is 24.3 Å². The van der Waals surface area contributed by atoms with Gasteiger partial charge in [-0.05, 0) is 17.7 Å². The molecule has 0 saturated heterocycles. The number of carbonyl (C=O) groups excluding carboxylic acids is 1. The van der Waals surface area contributed by atoms with Crippen LogP contribution in [0.4, 0.5) is 9.18 Å². The van der Waals surface area contributed by atoms with Crippen LogP contribution in [0.2, 0.25) is 0 Å². The summed E-state index contributed by atoms with van der Waals surface area (Å²) >= 11 is 0. The van der Waals surface area contributed by atoms with E-state index in [1.54, 1.807) is 24.3 Å². The predicted octanol–water partition coefficient (Wildman–Crippen LogP) is 2.19. The zero-order valence-electron chi connectivity index (χ0n) is 8.37. The Hall–Kier alpha value is -1.84. The number of hydrogen-bond donors (Lipinski definition) is 1. The average molecular weight is 209 g/mol. The van der Waals surface area contributed by atoms with Crippen molar-refractivity contribution in [2.45, 2.75) is 0 Å². The average Bonchev–Trinajstić information content (AvgIpc) is 2.26. The second kappa shape index (κ2) is 5.80. The fraction of sp³-hybridized carbons (Fsp3) is 0.182. The number of hydrogen-bond acceptors (Lipinski definition) is 2. The lowest BCUT2D eigenvalue weighted by Crippen LogP contribution is -2.22. The summed E-state index contributed by atoms with van der Waals surface area (Å²) < 4.78 is 16.9. The Morgan fingerprint density at radius 1 is 1.47 bits per heavy atom. The van der Waals surface area contributed by atoms with Crippen LogP contribution in [0.5, 0.6) is 0 Å². The Morgan fingerprint density at radius 2 is 2.13 bits per heavy atom. The van der Waals surface area contributed by atoms with Crippen LogP contribution in [-0.2, 0) is 4.74 Å². The summed E-state index contributed by atoms with van der Waals surface area (Å²) in [6.45, 7) is 0.379. The summed E-state index contributed by atoms with van der Waals surface area (Å²) in [5.41, 5.74) is 0.878. The molecule has 0 aliphatic rings. The third-order valence-electron chi connectivity index (χ3n) is 1.73. The van der Waals surface area contributed by atoms with Gasteiger partial charge in [0.2, 0.25) is 0 Å². The summed E-state index contributed by atoms with van der Waals surface area (Å²) in [7, 11) is 1.30. The van der Waals surface area contributed by atoms with E-state index in [0.29, 0.717) is 6.54 Å². The van der Waals surface area contributed by atoms with Gasteiger partial charge in [-0.2, -0.15) is 0 Å². The number of carbonyl (C=O) groups is 1. The topological polar surface area (TPSA) is 38.3 Å². The highest BCUT2D eigenvalue weighted by Gasteiger charge is 1.93. The Morgan fingerprint density at radius 3 is 2.73 bits per heavy atom. The Bertz CT molecular complexity index is 346. The van der Waals surface area contributed by atoms with Gasteiger partial charge >= 0.3 is 6.09 Å². The van der Waals surface area contributed by atoms with Crippen molar-refractivity contribution in [3.8, 4) is 0 Å². The molecule has 1 rings (SSSR count). The van der Waals surface area contributed by atoms with Crippen molar-refractivity contribution in [3.63, 3.8) is 0 Å². The SMILES string of the molecule is COC(=O)NCC=Cc1ccc(F)cc1. The molecule has 0 unspecified atom stereocenters. The van der Waals surface area contributed by atoms with Crippen molar-refractivity contribution >= 4 is 12.2 Å². The maximum absolute atomic E-state index is 12.5. The number of methoxy groups -OCH3 is 1. The van der Waals surface area contributed by atoms with Gasteiger partial charge in [-0.25, -0.2) is 9.18 Å². The van der Waals surface area contributed by atoms with Crippen LogP contribution < -0.4 is 5.32 Å². The van der Waals surface area contributed by atoms with Gasteiger partial charge in [0.1, 0.15) is 5.82 Å². The molecule has 3 nitrogen and oxygen atoms in total. The number of ether oxygens (including phenoxy) is 1. The first-order valence-corrected chi connectivity index (χ1v) is 4.46. The van der Waals surface area contributed by atoms with Gasteiger partial charge in [-0.15, -0.1) is 0 Å². The normalized spacial score (nSPS) is 10.3. The second-order valence-corrected chi connectivity index (χ2v) is 2.83. The van der Waals surface area contributed by atoms with Gasteiger partial charge < -0.3 is 10.1 Å². The second-order valence-electron chi connectivity index (χ2n) is 2.83. The zero-order valence-corrected chi connectivity index (χ0v) is 8.37. The van der Waals surface area contributed by atoms with Gasteiger partial charge in [-0.3, -0.25) is 0 Å². The monoisotopic (exact) mass is 209 g/mol. The largest absolute Gasteiger partial charge is 0.453 e. The van der Waals surface area contributed by atoms with E-state index in [1.807, 2.05) is 0 Å². The van der Waals surface area contributed by atoms with Crippen LogP contribution in [0.25, 0.3) is 6.08 Å². The molecular weight excluding hydrogens is 197 g/mol. The molecule has 0 saturated carbocycles. The molecule has 0 bridgehead atoms. The number of rotatable bonds is 3. The number of nitrogens with one attached hydrogen (secondary N) is 1. The van der Waals surface area contributed by atoms with E-state index in [4.69, 9.17) is 0 Å². The molecule has 1 aromatic carbocycles. The first-order valence-electron chi connectivity index (χ1n) is 4.46. The van der Waals surface area contributed by atoms with E-state index in [1.165, 1.54) is 19.2 Å². The molecule has 0 radical (unpaired) electrons. The van der Waals surface area contributed by atoms with E-state index in [2.05, 4.69) is 10.1 Å². The smallest absolute Gasteiger partial charge is 0.407 e. The van der Waals surface area contributed by atoms with E-state index < -0.39 is 6.09 Å². The zero-order chi connectivity index (χ0) is 11.1. The van der Waals surface area contributed by atoms with E-state index in [9.17, 15) is 9.18 Å². The molecule has 4 heteroatoms. The number of halogens is 1. The van der Waals surface area contributed by atoms with E-state index in [0.717, 1.165) is 5.56 Å². The molecule has 80 valence electrons. The molecule has 0 heterocycles. The van der Waals surface area contributed by atoms with Crippen LogP contribution in [0.3, 0.4) is 0 Å². The predicted molar refractivity (Wildman–Crippen MR) is 55.8 cm³/mol. The maximum Gasteiger partial charge on any atom is 0.407 e. The summed E-state index contributed by atoms with van der Waals surface area (Å²) in [6, 6.07) is 6.08. The molecule has 0 atom stereocenters. The van der Waals surface area contributed by atoms with Gasteiger partial charge in [0.05, 0.1) is 7.11 Å². The first kappa shape index (κ1) is 11.2. The highest BCUT2D eigenvalue weighted by Crippen LogP contribution is 2.03. The number of alkyl carbamates (subject to hydrolysis) is 1. The van der Waals surface area contributed by atoms with Crippen molar-refractivity contribution in [2.75, 3.05) is 13.7 Å². The minimum Gasteiger partial charge on any atom is -0.453 e. The van der Waals surface area contributed by atoms with Crippen molar-refractivity contribution in [2.24, 2.45) is 0 Å². The van der Waals surface area contributed by atoms with Crippen molar-refractivity contribution in [1.82, 2.24) is 5.32 Å². The fourth-order valence-corrected chi connectivity index (χ4v) is 0.983. The van der Waals surface area contributed by atoms with Gasteiger partial charge in [0, 0.05) is 6.54 Å². The van der Waals surface area contributed by atoms with Crippen LogP contribution >= 0.6 is 0 Å². The quantitative estimate of drug-likeness (QED) is 0.828. The number of benzene rings is 1. The summed E-state index contributed by atoms with van der Waals surface area (Å²) in [6.07, 6.45) is 3.07. The Labute approximate surface area is 87.6 Å². The minimum absolute atomic E-state index is 0.264. The lowest BCUT2D eigenvalue weighted by Gasteiger charge is -1.98.